The van der Waals surface area contributed by atoms with Crippen molar-refractivity contribution in [3.63, 3.8) is 0 Å². The number of halogens is 4. The van der Waals surface area contributed by atoms with Crippen LogP contribution < -0.4 is 10.1 Å². The highest BCUT2D eigenvalue weighted by molar-refractivity contribution is 7.91. The van der Waals surface area contributed by atoms with Crippen molar-refractivity contribution in [2.45, 2.75) is 22.4 Å². The second-order valence-corrected chi connectivity index (χ2v) is 7.79. The van der Waals surface area contributed by atoms with Gasteiger partial charge in [-0.15, -0.1) is 0 Å². The number of carbonyl (C=O) groups excluding carboxylic acids is 1. The number of rotatable bonds is 6. The van der Waals surface area contributed by atoms with Crippen LogP contribution in [0.4, 0.5) is 13.2 Å². The quantitative estimate of drug-likeness (QED) is 0.776. The first kappa shape index (κ1) is 21.0. The van der Waals surface area contributed by atoms with E-state index in [1.807, 2.05) is 0 Å². The highest BCUT2D eigenvalue weighted by Crippen LogP contribution is 2.27. The molecule has 0 aliphatic carbocycles. The summed E-state index contributed by atoms with van der Waals surface area (Å²) in [6, 6.07) is 9.73. The molecule has 0 unspecified atom stereocenters. The summed E-state index contributed by atoms with van der Waals surface area (Å²) in [5.41, 5.74) is 0.410. The van der Waals surface area contributed by atoms with Crippen LogP contribution in [-0.2, 0) is 21.1 Å². The van der Waals surface area contributed by atoms with E-state index in [4.69, 9.17) is 16.3 Å². The molecule has 0 aliphatic heterocycles. The van der Waals surface area contributed by atoms with E-state index >= 15 is 0 Å². The van der Waals surface area contributed by atoms with E-state index in [0.29, 0.717) is 11.3 Å². The van der Waals surface area contributed by atoms with Gasteiger partial charge in [0.15, 0.2) is 0 Å². The Balaban J connectivity index is 2.14. The fraction of sp³-hybridized carbons (Fsp3) is 0.235. The molecule has 1 amide bonds. The topological polar surface area (TPSA) is 72.5 Å². The Morgan fingerprint density at radius 3 is 2.22 bits per heavy atom. The minimum atomic E-state index is -4.96. The van der Waals surface area contributed by atoms with Crippen LogP contribution in [0.3, 0.4) is 0 Å². The van der Waals surface area contributed by atoms with Gasteiger partial charge in [0.1, 0.15) is 5.75 Å². The van der Waals surface area contributed by atoms with Crippen molar-refractivity contribution < 1.29 is 31.1 Å². The van der Waals surface area contributed by atoms with Crippen molar-refractivity contribution in [3.05, 3.63) is 53.1 Å². The molecule has 0 spiro atoms. The fourth-order valence-corrected chi connectivity index (χ4v) is 3.83. The van der Waals surface area contributed by atoms with Gasteiger partial charge in [-0.3, -0.25) is 4.79 Å². The molecule has 27 heavy (non-hydrogen) atoms. The molecule has 0 fully saturated rings. The van der Waals surface area contributed by atoms with Crippen LogP contribution in [0.5, 0.6) is 5.75 Å². The zero-order valence-electron chi connectivity index (χ0n) is 14.0. The van der Waals surface area contributed by atoms with E-state index in [9.17, 15) is 26.4 Å². The van der Waals surface area contributed by atoms with Gasteiger partial charge >= 0.3 is 12.1 Å². The standard InChI is InChI=1S/C17H15ClF3NO4S/c1-26-12-3-6-13(7-4-12)27(24,25)14-5-2-11(15(18)10-14)8-9-22-16(23)17(19,20)21/h2-7,10H,8-9H2,1H3,(H,22,23). The summed E-state index contributed by atoms with van der Waals surface area (Å²) >= 11 is 6.06. The van der Waals surface area contributed by atoms with Crippen LogP contribution >= 0.6 is 11.6 Å². The third-order valence-electron chi connectivity index (χ3n) is 3.64. The number of sulfone groups is 1. The molecule has 0 bridgehead atoms. The lowest BCUT2D eigenvalue weighted by atomic mass is 10.1. The molecule has 1 N–H and O–H groups in total. The zero-order valence-corrected chi connectivity index (χ0v) is 15.6. The third kappa shape index (κ3) is 5.14. The molecule has 2 aromatic carbocycles. The maximum absolute atomic E-state index is 12.6. The Bertz CT molecular complexity index is 928. The molecule has 2 aromatic rings. The summed E-state index contributed by atoms with van der Waals surface area (Å²) in [6.45, 7) is -0.289. The van der Waals surface area contributed by atoms with Gasteiger partial charge in [0.25, 0.3) is 0 Å². The van der Waals surface area contributed by atoms with Gasteiger partial charge in [-0.2, -0.15) is 13.2 Å². The Hall–Kier alpha value is -2.26. The number of hydrogen-bond donors (Lipinski definition) is 1. The van der Waals surface area contributed by atoms with Crippen LogP contribution in [0.2, 0.25) is 5.02 Å². The van der Waals surface area contributed by atoms with Gasteiger partial charge in [0.05, 0.1) is 16.9 Å². The molecule has 0 aromatic heterocycles. The molecule has 0 saturated carbocycles. The lowest BCUT2D eigenvalue weighted by Crippen LogP contribution is -2.37. The molecule has 0 atom stereocenters. The summed E-state index contributed by atoms with van der Waals surface area (Å²) in [7, 11) is -2.36. The van der Waals surface area contributed by atoms with Gasteiger partial charge in [0, 0.05) is 11.6 Å². The normalized spacial score (nSPS) is 11.9. The Morgan fingerprint density at radius 1 is 1.11 bits per heavy atom. The maximum Gasteiger partial charge on any atom is 0.471 e. The molecular formula is C17H15ClF3NO4S. The summed E-state index contributed by atoms with van der Waals surface area (Å²) in [5.74, 6) is -1.54. The lowest BCUT2D eigenvalue weighted by molar-refractivity contribution is -0.173. The Kier molecular flexibility index (Phi) is 6.38. The van der Waals surface area contributed by atoms with E-state index in [2.05, 4.69) is 0 Å². The van der Waals surface area contributed by atoms with Gasteiger partial charge in [-0.1, -0.05) is 17.7 Å². The second-order valence-electron chi connectivity index (χ2n) is 5.44. The average Bonchev–Trinajstić information content (AvgIpc) is 2.62. The highest BCUT2D eigenvalue weighted by Gasteiger charge is 2.38. The number of ether oxygens (including phenoxy) is 1. The largest absolute Gasteiger partial charge is 0.497 e. The van der Waals surface area contributed by atoms with Crippen molar-refractivity contribution in [2.75, 3.05) is 13.7 Å². The van der Waals surface area contributed by atoms with Crippen LogP contribution in [-0.4, -0.2) is 34.2 Å². The summed E-state index contributed by atoms with van der Waals surface area (Å²) in [4.78, 5) is 10.8. The first-order chi connectivity index (χ1) is 12.6. The van der Waals surface area contributed by atoms with Gasteiger partial charge in [-0.25, -0.2) is 8.42 Å². The van der Waals surface area contributed by atoms with Gasteiger partial charge in [0.2, 0.25) is 9.84 Å². The molecule has 0 aliphatic rings. The molecular weight excluding hydrogens is 407 g/mol. The molecule has 5 nitrogen and oxygen atoms in total. The number of benzene rings is 2. The van der Waals surface area contributed by atoms with E-state index in [1.165, 1.54) is 49.6 Å². The number of amides is 1. The summed E-state index contributed by atoms with van der Waals surface area (Å²) in [5, 5.41) is 1.80. The molecule has 146 valence electrons. The van der Waals surface area contributed by atoms with Crippen molar-refractivity contribution >= 4 is 27.3 Å². The van der Waals surface area contributed by atoms with Crippen LogP contribution in [0.25, 0.3) is 0 Å². The van der Waals surface area contributed by atoms with Crippen molar-refractivity contribution in [1.29, 1.82) is 0 Å². The van der Waals surface area contributed by atoms with Crippen molar-refractivity contribution in [2.24, 2.45) is 0 Å². The number of alkyl halides is 3. The highest BCUT2D eigenvalue weighted by atomic mass is 35.5. The predicted octanol–water partition coefficient (Wildman–Crippen LogP) is 3.40. The maximum atomic E-state index is 12.6. The van der Waals surface area contributed by atoms with Gasteiger partial charge in [-0.05, 0) is 48.4 Å². The molecule has 0 heterocycles. The number of methoxy groups -OCH3 is 1. The molecule has 10 heteroatoms. The smallest absolute Gasteiger partial charge is 0.471 e. The number of carbonyl (C=O) groups is 1. The zero-order chi connectivity index (χ0) is 20.2. The Morgan fingerprint density at radius 2 is 1.70 bits per heavy atom. The van der Waals surface area contributed by atoms with E-state index in [1.54, 1.807) is 5.32 Å². The van der Waals surface area contributed by atoms with E-state index < -0.39 is 21.9 Å². The predicted molar refractivity (Wildman–Crippen MR) is 92.7 cm³/mol. The SMILES string of the molecule is COc1ccc(S(=O)(=O)c2ccc(CCNC(=O)C(F)(F)F)c(Cl)c2)cc1. The minimum absolute atomic E-state index is 0.0174. The summed E-state index contributed by atoms with van der Waals surface area (Å²) < 4.78 is 66.6. The minimum Gasteiger partial charge on any atom is -0.497 e. The first-order valence-corrected chi connectivity index (χ1v) is 9.44. The van der Waals surface area contributed by atoms with Crippen molar-refractivity contribution in [3.8, 4) is 5.75 Å². The van der Waals surface area contributed by atoms with Crippen LogP contribution in [0.1, 0.15) is 5.56 Å². The van der Waals surface area contributed by atoms with Gasteiger partial charge < -0.3 is 10.1 Å². The number of hydrogen-bond acceptors (Lipinski definition) is 4. The van der Waals surface area contributed by atoms with Crippen molar-refractivity contribution in [1.82, 2.24) is 5.32 Å². The van der Waals surface area contributed by atoms with E-state index in [-0.39, 0.29) is 27.8 Å². The number of nitrogens with one attached hydrogen (secondary N) is 1. The van der Waals surface area contributed by atoms with E-state index in [0.717, 1.165) is 0 Å². The molecule has 0 radical (unpaired) electrons. The average molecular weight is 422 g/mol. The second kappa shape index (κ2) is 8.18. The van der Waals surface area contributed by atoms with Crippen LogP contribution in [0, 0.1) is 0 Å². The molecule has 2 rings (SSSR count). The summed E-state index contributed by atoms with van der Waals surface area (Å²) in [6.07, 6.45) is -4.94. The lowest BCUT2D eigenvalue weighted by Gasteiger charge is -2.10. The Labute approximate surface area is 159 Å². The third-order valence-corrected chi connectivity index (χ3v) is 5.76. The van der Waals surface area contributed by atoms with Crippen LogP contribution in [0.15, 0.2) is 52.3 Å². The molecule has 0 saturated heterocycles. The monoisotopic (exact) mass is 421 g/mol. The first-order valence-electron chi connectivity index (χ1n) is 7.58. The fourth-order valence-electron chi connectivity index (χ4n) is 2.20.